The van der Waals surface area contributed by atoms with E-state index in [0.29, 0.717) is 18.7 Å². The molecule has 1 saturated carbocycles. The lowest BCUT2D eigenvalue weighted by Crippen LogP contribution is -2.20. The van der Waals surface area contributed by atoms with Crippen molar-refractivity contribution in [2.24, 2.45) is 0 Å². The van der Waals surface area contributed by atoms with E-state index in [9.17, 15) is 4.79 Å². The molecular formula is C7H10O3. The Morgan fingerprint density at radius 1 is 1.40 bits per heavy atom. The topological polar surface area (TPSA) is 38.8 Å². The second-order valence-electron chi connectivity index (χ2n) is 2.88. The van der Waals surface area contributed by atoms with Crippen molar-refractivity contribution < 1.29 is 14.3 Å². The highest BCUT2D eigenvalue weighted by Gasteiger charge is 2.44. The Balaban J connectivity index is 1.82. The van der Waals surface area contributed by atoms with Crippen LogP contribution in [0.3, 0.4) is 0 Å². The average Bonchev–Trinajstić information content (AvgIpc) is 2.66. The monoisotopic (exact) mass is 142 g/mol. The van der Waals surface area contributed by atoms with Gasteiger partial charge in [-0.05, 0) is 12.8 Å². The fourth-order valence-electron chi connectivity index (χ4n) is 1.57. The molecule has 1 heterocycles. The molecule has 0 radical (unpaired) electrons. The summed E-state index contributed by atoms with van der Waals surface area (Å²) in [4.78, 5) is 9.93. The minimum Gasteiger partial charge on any atom is -0.464 e. The first-order chi connectivity index (χ1) is 4.90. The van der Waals surface area contributed by atoms with E-state index in [2.05, 4.69) is 0 Å². The quantitative estimate of drug-likeness (QED) is 0.416. The van der Waals surface area contributed by atoms with Crippen LogP contribution in [0.5, 0.6) is 0 Å². The highest BCUT2D eigenvalue weighted by atomic mass is 16.6. The van der Waals surface area contributed by atoms with E-state index >= 15 is 0 Å². The fraction of sp³-hybridized carbons (Fsp3) is 0.857. The van der Waals surface area contributed by atoms with Gasteiger partial charge in [0.15, 0.2) is 0 Å². The first-order valence-corrected chi connectivity index (χ1v) is 3.64. The minimum absolute atomic E-state index is 0.126. The van der Waals surface area contributed by atoms with Gasteiger partial charge in [-0.3, -0.25) is 4.79 Å². The van der Waals surface area contributed by atoms with Crippen LogP contribution in [-0.4, -0.2) is 24.8 Å². The van der Waals surface area contributed by atoms with Gasteiger partial charge < -0.3 is 9.47 Å². The SMILES string of the molecule is O=COC1CCC2OC2C1. The number of rotatable bonds is 2. The van der Waals surface area contributed by atoms with E-state index in [1.165, 1.54) is 0 Å². The van der Waals surface area contributed by atoms with Crippen LogP contribution in [0.15, 0.2) is 0 Å². The largest absolute Gasteiger partial charge is 0.464 e. The summed E-state index contributed by atoms with van der Waals surface area (Å²) in [5, 5.41) is 0. The van der Waals surface area contributed by atoms with Crippen molar-refractivity contribution in [3.05, 3.63) is 0 Å². The van der Waals surface area contributed by atoms with Gasteiger partial charge >= 0.3 is 0 Å². The lowest BCUT2D eigenvalue weighted by molar-refractivity contribution is -0.134. The minimum atomic E-state index is 0.126. The average molecular weight is 142 g/mol. The number of epoxide rings is 1. The maximum Gasteiger partial charge on any atom is 0.293 e. The first-order valence-electron chi connectivity index (χ1n) is 3.64. The third kappa shape index (κ3) is 1.01. The van der Waals surface area contributed by atoms with Crippen LogP contribution in [0.1, 0.15) is 19.3 Å². The van der Waals surface area contributed by atoms with Crippen LogP contribution in [-0.2, 0) is 14.3 Å². The third-order valence-electron chi connectivity index (χ3n) is 2.20. The van der Waals surface area contributed by atoms with E-state index in [0.717, 1.165) is 19.3 Å². The lowest BCUT2D eigenvalue weighted by Gasteiger charge is -2.15. The van der Waals surface area contributed by atoms with E-state index in [4.69, 9.17) is 9.47 Å². The van der Waals surface area contributed by atoms with Gasteiger partial charge in [0, 0.05) is 6.42 Å². The highest BCUT2D eigenvalue weighted by molar-refractivity contribution is 5.37. The molecule has 0 amide bonds. The molecule has 1 saturated heterocycles. The van der Waals surface area contributed by atoms with Crippen molar-refractivity contribution in [2.45, 2.75) is 37.6 Å². The molecule has 2 rings (SSSR count). The summed E-state index contributed by atoms with van der Waals surface area (Å²) in [6.45, 7) is 0.535. The molecule has 2 fully saturated rings. The molecule has 0 N–H and O–H groups in total. The zero-order valence-electron chi connectivity index (χ0n) is 5.66. The zero-order chi connectivity index (χ0) is 6.97. The number of fused-ring (bicyclic) bond motifs is 1. The Kier molecular flexibility index (Phi) is 1.38. The standard InChI is InChI=1S/C7H10O3/c8-4-9-5-1-2-6-7(3-5)10-6/h4-7H,1-3H2. The summed E-state index contributed by atoms with van der Waals surface area (Å²) in [5.41, 5.74) is 0. The van der Waals surface area contributed by atoms with Crippen LogP contribution in [0.4, 0.5) is 0 Å². The molecular weight excluding hydrogens is 132 g/mol. The maximum absolute atomic E-state index is 9.93. The first kappa shape index (κ1) is 6.16. The molecule has 3 unspecified atom stereocenters. The molecule has 2 aliphatic rings. The van der Waals surface area contributed by atoms with E-state index in [-0.39, 0.29) is 6.10 Å². The van der Waals surface area contributed by atoms with Gasteiger partial charge in [0.2, 0.25) is 0 Å². The molecule has 56 valence electrons. The van der Waals surface area contributed by atoms with E-state index in [1.807, 2.05) is 0 Å². The van der Waals surface area contributed by atoms with Crippen LogP contribution in [0.2, 0.25) is 0 Å². The Bertz CT molecular complexity index is 146. The Morgan fingerprint density at radius 3 is 3.00 bits per heavy atom. The van der Waals surface area contributed by atoms with Crippen LogP contribution in [0, 0.1) is 0 Å². The summed E-state index contributed by atoms with van der Waals surface area (Å²) in [7, 11) is 0. The number of carbonyl (C=O) groups is 1. The normalized spacial score (nSPS) is 43.8. The molecule has 10 heavy (non-hydrogen) atoms. The molecule has 3 atom stereocenters. The summed E-state index contributed by atoms with van der Waals surface area (Å²) >= 11 is 0. The molecule has 3 nitrogen and oxygen atoms in total. The number of hydrogen-bond acceptors (Lipinski definition) is 3. The fourth-order valence-corrected chi connectivity index (χ4v) is 1.57. The molecule has 3 heteroatoms. The van der Waals surface area contributed by atoms with Crippen molar-refractivity contribution in [1.29, 1.82) is 0 Å². The van der Waals surface area contributed by atoms with Gasteiger partial charge in [-0.25, -0.2) is 0 Å². The second-order valence-corrected chi connectivity index (χ2v) is 2.88. The summed E-state index contributed by atoms with van der Waals surface area (Å²) in [5.74, 6) is 0. The molecule has 1 aliphatic heterocycles. The van der Waals surface area contributed by atoms with Crippen molar-refractivity contribution >= 4 is 6.47 Å². The molecule has 0 aromatic carbocycles. The van der Waals surface area contributed by atoms with Gasteiger partial charge in [-0.15, -0.1) is 0 Å². The maximum atomic E-state index is 9.93. The lowest BCUT2D eigenvalue weighted by atomic mass is 9.98. The van der Waals surface area contributed by atoms with Crippen molar-refractivity contribution in [2.75, 3.05) is 0 Å². The van der Waals surface area contributed by atoms with Crippen molar-refractivity contribution in [1.82, 2.24) is 0 Å². The van der Waals surface area contributed by atoms with Crippen molar-refractivity contribution in [3.63, 3.8) is 0 Å². The highest BCUT2D eigenvalue weighted by Crippen LogP contribution is 2.37. The number of carbonyl (C=O) groups excluding carboxylic acids is 1. The molecule has 1 aliphatic carbocycles. The second kappa shape index (κ2) is 2.23. The molecule has 0 aromatic heterocycles. The van der Waals surface area contributed by atoms with Crippen LogP contribution >= 0.6 is 0 Å². The predicted molar refractivity (Wildman–Crippen MR) is 33.4 cm³/mol. The van der Waals surface area contributed by atoms with Gasteiger partial charge in [-0.2, -0.15) is 0 Å². The van der Waals surface area contributed by atoms with Crippen molar-refractivity contribution in [3.8, 4) is 0 Å². The predicted octanol–water partition coefficient (Wildman–Crippen LogP) is 0.479. The number of ether oxygens (including phenoxy) is 2. The van der Waals surface area contributed by atoms with Gasteiger partial charge in [0.05, 0.1) is 12.2 Å². The smallest absolute Gasteiger partial charge is 0.293 e. The Morgan fingerprint density at radius 2 is 2.30 bits per heavy atom. The van der Waals surface area contributed by atoms with Crippen LogP contribution in [0.25, 0.3) is 0 Å². The van der Waals surface area contributed by atoms with E-state index in [1.54, 1.807) is 0 Å². The third-order valence-corrected chi connectivity index (χ3v) is 2.20. The van der Waals surface area contributed by atoms with Gasteiger partial charge in [-0.1, -0.05) is 0 Å². The molecule has 0 spiro atoms. The molecule has 0 bridgehead atoms. The zero-order valence-corrected chi connectivity index (χ0v) is 5.66. The van der Waals surface area contributed by atoms with Gasteiger partial charge in [0.25, 0.3) is 6.47 Å². The van der Waals surface area contributed by atoms with Gasteiger partial charge in [0.1, 0.15) is 6.10 Å². The summed E-state index contributed by atoms with van der Waals surface area (Å²) in [6.07, 6.45) is 3.96. The Hall–Kier alpha value is -0.570. The number of hydrogen-bond donors (Lipinski definition) is 0. The van der Waals surface area contributed by atoms with E-state index < -0.39 is 0 Å². The summed E-state index contributed by atoms with van der Waals surface area (Å²) < 4.78 is 10.1. The van der Waals surface area contributed by atoms with Crippen LogP contribution < -0.4 is 0 Å². The summed E-state index contributed by atoms with van der Waals surface area (Å²) in [6, 6.07) is 0. The Labute approximate surface area is 59.3 Å². The molecule has 0 aromatic rings.